The molecule has 3 N–H and O–H groups in total. The van der Waals surface area contributed by atoms with Crippen molar-refractivity contribution in [1.82, 2.24) is 10.2 Å². The van der Waals surface area contributed by atoms with Crippen LogP contribution < -0.4 is 11.1 Å². The summed E-state index contributed by atoms with van der Waals surface area (Å²) in [6.07, 6.45) is 4.81. The van der Waals surface area contributed by atoms with Crippen LogP contribution in [0.4, 0.5) is 4.79 Å². The van der Waals surface area contributed by atoms with Gasteiger partial charge in [0.1, 0.15) is 0 Å². The Bertz CT molecular complexity index is 201. The first-order valence-corrected chi connectivity index (χ1v) is 5.07. The molecule has 1 unspecified atom stereocenters. The van der Waals surface area contributed by atoms with Gasteiger partial charge in [0.05, 0.1) is 0 Å². The molecule has 0 aromatic carbocycles. The summed E-state index contributed by atoms with van der Waals surface area (Å²) < 4.78 is 0. The summed E-state index contributed by atoms with van der Waals surface area (Å²) in [6, 6.07) is 0.637. The molecule has 2 fully saturated rings. The fourth-order valence-electron chi connectivity index (χ4n) is 2.25. The molecule has 1 aliphatic carbocycles. The lowest BCUT2D eigenvalue weighted by atomic mass is 10.1. The molecule has 13 heavy (non-hydrogen) atoms. The Morgan fingerprint density at radius 3 is 2.77 bits per heavy atom. The summed E-state index contributed by atoms with van der Waals surface area (Å²) >= 11 is 0. The molecule has 0 aromatic heterocycles. The van der Waals surface area contributed by atoms with Gasteiger partial charge in [-0.3, -0.25) is 0 Å². The fourth-order valence-corrected chi connectivity index (χ4v) is 2.25. The lowest BCUT2D eigenvalue weighted by Crippen LogP contribution is -2.58. The fraction of sp³-hybridized carbons (Fsp3) is 0.889. The first kappa shape index (κ1) is 8.81. The molecule has 1 aliphatic heterocycles. The molecule has 4 heteroatoms. The standard InChI is InChI=1S/C9H17N3O/c10-7-5-11-9(13)12(6-7)8-3-1-2-4-8/h7-8H,1-6,10H2,(H,11,13). The van der Waals surface area contributed by atoms with E-state index in [-0.39, 0.29) is 12.1 Å². The molecular formula is C9H17N3O. The van der Waals surface area contributed by atoms with Crippen molar-refractivity contribution in [1.29, 1.82) is 0 Å². The normalized spacial score (nSPS) is 30.7. The SMILES string of the molecule is NC1CNC(=O)N(C2CCCC2)C1. The summed E-state index contributed by atoms with van der Waals surface area (Å²) in [7, 11) is 0. The number of urea groups is 1. The Morgan fingerprint density at radius 1 is 1.38 bits per heavy atom. The first-order chi connectivity index (χ1) is 6.27. The minimum atomic E-state index is 0.0774. The number of hydrogen-bond donors (Lipinski definition) is 2. The highest BCUT2D eigenvalue weighted by atomic mass is 16.2. The van der Waals surface area contributed by atoms with Crippen molar-refractivity contribution in [3.63, 3.8) is 0 Å². The van der Waals surface area contributed by atoms with Crippen LogP contribution in [0.25, 0.3) is 0 Å². The van der Waals surface area contributed by atoms with Gasteiger partial charge in [-0.05, 0) is 12.8 Å². The van der Waals surface area contributed by atoms with Crippen molar-refractivity contribution < 1.29 is 4.79 Å². The number of amides is 2. The highest BCUT2D eigenvalue weighted by molar-refractivity contribution is 5.75. The number of nitrogens with zero attached hydrogens (tertiary/aromatic N) is 1. The Balaban J connectivity index is 1.98. The molecule has 2 aliphatic rings. The maximum absolute atomic E-state index is 11.5. The van der Waals surface area contributed by atoms with Gasteiger partial charge in [0, 0.05) is 25.2 Å². The van der Waals surface area contributed by atoms with E-state index in [2.05, 4.69) is 5.32 Å². The summed E-state index contributed by atoms with van der Waals surface area (Å²) in [4.78, 5) is 13.4. The molecule has 1 saturated heterocycles. The minimum Gasteiger partial charge on any atom is -0.336 e. The van der Waals surface area contributed by atoms with Gasteiger partial charge in [-0.1, -0.05) is 12.8 Å². The molecule has 1 atom stereocenters. The average molecular weight is 183 g/mol. The second kappa shape index (κ2) is 3.54. The maximum Gasteiger partial charge on any atom is 0.317 e. The van der Waals surface area contributed by atoms with Gasteiger partial charge < -0.3 is 16.0 Å². The monoisotopic (exact) mass is 183 g/mol. The molecule has 2 amide bonds. The van der Waals surface area contributed by atoms with E-state index >= 15 is 0 Å². The van der Waals surface area contributed by atoms with Crippen LogP contribution in [0.1, 0.15) is 25.7 Å². The Hall–Kier alpha value is -0.770. The summed E-state index contributed by atoms with van der Waals surface area (Å²) in [6.45, 7) is 1.36. The minimum absolute atomic E-state index is 0.0774. The van der Waals surface area contributed by atoms with E-state index in [4.69, 9.17) is 5.73 Å². The molecule has 4 nitrogen and oxygen atoms in total. The molecular weight excluding hydrogens is 166 g/mol. The van der Waals surface area contributed by atoms with Crippen LogP contribution in [-0.2, 0) is 0 Å². The Kier molecular flexibility index (Phi) is 2.40. The second-order valence-electron chi connectivity index (χ2n) is 4.04. The summed E-state index contributed by atoms with van der Waals surface area (Å²) in [5.41, 5.74) is 5.80. The summed E-state index contributed by atoms with van der Waals surface area (Å²) in [5, 5.41) is 2.82. The third-order valence-electron chi connectivity index (χ3n) is 2.97. The molecule has 0 spiro atoms. The Labute approximate surface area is 78.5 Å². The van der Waals surface area contributed by atoms with E-state index in [1.54, 1.807) is 0 Å². The molecule has 74 valence electrons. The number of rotatable bonds is 1. The third kappa shape index (κ3) is 1.77. The van der Waals surface area contributed by atoms with E-state index in [1.165, 1.54) is 12.8 Å². The predicted molar refractivity (Wildman–Crippen MR) is 50.3 cm³/mol. The average Bonchev–Trinajstić information content (AvgIpc) is 2.61. The van der Waals surface area contributed by atoms with Crippen molar-refractivity contribution in [2.24, 2.45) is 5.73 Å². The Morgan fingerprint density at radius 2 is 2.08 bits per heavy atom. The van der Waals surface area contributed by atoms with Gasteiger partial charge in [0.15, 0.2) is 0 Å². The van der Waals surface area contributed by atoms with Gasteiger partial charge in [-0.15, -0.1) is 0 Å². The van der Waals surface area contributed by atoms with Crippen LogP contribution in [-0.4, -0.2) is 36.1 Å². The van der Waals surface area contributed by atoms with Crippen LogP contribution in [0.2, 0.25) is 0 Å². The predicted octanol–water partition coefficient (Wildman–Crippen LogP) is 0.281. The molecule has 0 radical (unpaired) electrons. The highest BCUT2D eigenvalue weighted by Crippen LogP contribution is 2.24. The molecule has 0 bridgehead atoms. The second-order valence-corrected chi connectivity index (χ2v) is 4.04. The van der Waals surface area contributed by atoms with Gasteiger partial charge in [0.2, 0.25) is 0 Å². The molecule has 0 aromatic rings. The maximum atomic E-state index is 11.5. The zero-order valence-corrected chi connectivity index (χ0v) is 7.83. The lowest BCUT2D eigenvalue weighted by Gasteiger charge is -2.35. The number of carbonyl (C=O) groups excluding carboxylic acids is 1. The third-order valence-corrected chi connectivity index (χ3v) is 2.97. The van der Waals surface area contributed by atoms with E-state index in [1.807, 2.05) is 4.90 Å². The van der Waals surface area contributed by atoms with E-state index < -0.39 is 0 Å². The van der Waals surface area contributed by atoms with Crippen LogP contribution in [0.5, 0.6) is 0 Å². The van der Waals surface area contributed by atoms with Crippen LogP contribution in [0.15, 0.2) is 0 Å². The molecule has 1 saturated carbocycles. The van der Waals surface area contributed by atoms with Gasteiger partial charge in [0.25, 0.3) is 0 Å². The van der Waals surface area contributed by atoms with E-state index in [0.717, 1.165) is 19.4 Å². The lowest BCUT2D eigenvalue weighted by molar-refractivity contribution is 0.155. The number of carbonyl (C=O) groups is 1. The zero-order valence-electron chi connectivity index (χ0n) is 7.83. The molecule has 2 rings (SSSR count). The smallest absolute Gasteiger partial charge is 0.317 e. The van der Waals surface area contributed by atoms with Crippen LogP contribution in [0, 0.1) is 0 Å². The highest BCUT2D eigenvalue weighted by Gasteiger charge is 2.30. The van der Waals surface area contributed by atoms with Crippen molar-refractivity contribution >= 4 is 6.03 Å². The van der Waals surface area contributed by atoms with Crippen molar-refractivity contribution in [3.8, 4) is 0 Å². The van der Waals surface area contributed by atoms with E-state index in [0.29, 0.717) is 12.6 Å². The van der Waals surface area contributed by atoms with Gasteiger partial charge >= 0.3 is 6.03 Å². The number of nitrogens with two attached hydrogens (primary N) is 1. The quantitative estimate of drug-likeness (QED) is 0.613. The number of nitrogens with one attached hydrogen (secondary N) is 1. The van der Waals surface area contributed by atoms with Crippen LogP contribution >= 0.6 is 0 Å². The zero-order chi connectivity index (χ0) is 9.26. The van der Waals surface area contributed by atoms with Gasteiger partial charge in [-0.2, -0.15) is 0 Å². The van der Waals surface area contributed by atoms with E-state index in [9.17, 15) is 4.79 Å². The summed E-state index contributed by atoms with van der Waals surface area (Å²) in [5.74, 6) is 0. The van der Waals surface area contributed by atoms with Crippen LogP contribution in [0.3, 0.4) is 0 Å². The first-order valence-electron chi connectivity index (χ1n) is 5.07. The van der Waals surface area contributed by atoms with Crippen molar-refractivity contribution in [2.75, 3.05) is 13.1 Å². The van der Waals surface area contributed by atoms with Gasteiger partial charge in [-0.25, -0.2) is 4.79 Å². The molecule has 1 heterocycles. The van der Waals surface area contributed by atoms with Crippen molar-refractivity contribution in [2.45, 2.75) is 37.8 Å². The number of hydrogen-bond acceptors (Lipinski definition) is 2. The topological polar surface area (TPSA) is 58.4 Å². The largest absolute Gasteiger partial charge is 0.336 e. The van der Waals surface area contributed by atoms with Crippen molar-refractivity contribution in [3.05, 3.63) is 0 Å².